The number of hydrogen-bond acceptors (Lipinski definition) is 7. The van der Waals surface area contributed by atoms with E-state index < -0.39 is 25.0 Å². The highest BCUT2D eigenvalue weighted by Gasteiger charge is 2.27. The van der Waals surface area contributed by atoms with E-state index in [0.29, 0.717) is 5.56 Å². The van der Waals surface area contributed by atoms with Crippen molar-refractivity contribution in [2.24, 2.45) is 0 Å². The average Bonchev–Trinajstić information content (AvgIpc) is 2.68. The largest absolute Gasteiger partial charge is 0.379 e. The minimum atomic E-state index is -4.17. The summed E-state index contributed by atoms with van der Waals surface area (Å²) in [5.41, 5.74) is -0.00921. The van der Waals surface area contributed by atoms with Gasteiger partial charge < -0.3 is 4.74 Å². The van der Waals surface area contributed by atoms with Crippen molar-refractivity contribution in [2.45, 2.75) is 16.7 Å². The Morgan fingerprint density at radius 3 is 2.41 bits per heavy atom. The van der Waals surface area contributed by atoms with Crippen LogP contribution < -0.4 is 4.72 Å². The molecule has 12 heteroatoms. The van der Waals surface area contributed by atoms with Gasteiger partial charge in [0.15, 0.2) is 0 Å². The Hall–Kier alpha value is -2.54. The summed E-state index contributed by atoms with van der Waals surface area (Å²) < 4.78 is 59.8. The van der Waals surface area contributed by atoms with Gasteiger partial charge in [-0.2, -0.15) is 4.31 Å². The summed E-state index contributed by atoms with van der Waals surface area (Å²) in [6.07, 6.45) is 0. The second-order valence-corrected chi connectivity index (χ2v) is 9.95. The third kappa shape index (κ3) is 4.56. The Morgan fingerprint density at radius 1 is 1.07 bits per heavy atom. The Labute approximate surface area is 168 Å². The number of non-ortho nitro benzene ring substituents is 1. The summed E-state index contributed by atoms with van der Waals surface area (Å²) in [4.78, 5) is 9.96. The standard InChI is InChI=1S/C17H19N3O7S2/c1-13-5-6-15(20(21)22)12-17(13)28(23,24)18-14-3-2-4-16(11-14)29(25,26)19-7-9-27-10-8-19/h2-6,11-12,18H,7-10H2,1H3. The van der Waals surface area contributed by atoms with E-state index in [1.807, 2.05) is 0 Å². The lowest BCUT2D eigenvalue weighted by Gasteiger charge is -2.26. The molecule has 10 nitrogen and oxygen atoms in total. The number of nitro groups is 1. The number of benzene rings is 2. The third-order valence-electron chi connectivity index (χ3n) is 4.37. The van der Waals surface area contributed by atoms with E-state index >= 15 is 0 Å². The molecule has 1 fully saturated rings. The molecule has 0 aromatic heterocycles. The molecular formula is C17H19N3O7S2. The van der Waals surface area contributed by atoms with Crippen LogP contribution in [0.4, 0.5) is 11.4 Å². The number of morpholine rings is 1. The first-order valence-corrected chi connectivity index (χ1v) is 11.5. The van der Waals surface area contributed by atoms with Crippen LogP contribution in [0, 0.1) is 17.0 Å². The predicted molar refractivity (Wildman–Crippen MR) is 105 cm³/mol. The van der Waals surface area contributed by atoms with Crippen LogP contribution in [0.3, 0.4) is 0 Å². The molecule has 1 N–H and O–H groups in total. The molecule has 1 aliphatic rings. The van der Waals surface area contributed by atoms with Crippen molar-refractivity contribution < 1.29 is 26.5 Å². The smallest absolute Gasteiger partial charge is 0.270 e. The highest BCUT2D eigenvalue weighted by molar-refractivity contribution is 7.92. The van der Waals surface area contributed by atoms with Gasteiger partial charge in [-0.25, -0.2) is 16.8 Å². The number of rotatable bonds is 6. The van der Waals surface area contributed by atoms with Crippen LogP contribution in [0.2, 0.25) is 0 Å². The van der Waals surface area contributed by atoms with E-state index in [0.717, 1.165) is 6.07 Å². The minimum absolute atomic E-state index is 0.0326. The lowest BCUT2D eigenvalue weighted by molar-refractivity contribution is -0.385. The molecule has 0 atom stereocenters. The second kappa shape index (κ2) is 8.06. The molecule has 0 bridgehead atoms. The maximum Gasteiger partial charge on any atom is 0.270 e. The normalized spacial score (nSPS) is 15.8. The molecule has 0 radical (unpaired) electrons. The molecular weight excluding hydrogens is 422 g/mol. The quantitative estimate of drug-likeness (QED) is 0.532. The fourth-order valence-corrected chi connectivity index (χ4v) is 5.63. The SMILES string of the molecule is Cc1ccc([N+](=O)[O-])cc1S(=O)(=O)Nc1cccc(S(=O)(=O)N2CCOCC2)c1. The van der Waals surface area contributed by atoms with Gasteiger partial charge in [-0.15, -0.1) is 0 Å². The van der Waals surface area contributed by atoms with Crippen LogP contribution in [0.5, 0.6) is 0 Å². The van der Waals surface area contributed by atoms with Crippen molar-refractivity contribution in [2.75, 3.05) is 31.0 Å². The van der Waals surface area contributed by atoms with E-state index in [2.05, 4.69) is 4.72 Å². The Balaban J connectivity index is 1.92. The Morgan fingerprint density at radius 2 is 1.76 bits per heavy atom. The topological polar surface area (TPSA) is 136 Å². The number of aryl methyl sites for hydroxylation is 1. The summed E-state index contributed by atoms with van der Waals surface area (Å²) in [6, 6.07) is 8.94. The molecule has 1 saturated heterocycles. The second-order valence-electron chi connectivity index (χ2n) is 6.36. The zero-order chi connectivity index (χ0) is 21.2. The number of nitrogens with zero attached hydrogens (tertiary/aromatic N) is 2. The van der Waals surface area contributed by atoms with Crippen molar-refractivity contribution in [3.8, 4) is 0 Å². The Kier molecular flexibility index (Phi) is 5.89. The minimum Gasteiger partial charge on any atom is -0.379 e. The third-order valence-corrected chi connectivity index (χ3v) is 7.78. The molecule has 0 amide bonds. The lowest BCUT2D eigenvalue weighted by atomic mass is 10.2. The molecule has 0 saturated carbocycles. The molecule has 2 aromatic carbocycles. The fraction of sp³-hybridized carbons (Fsp3) is 0.294. The fourth-order valence-electron chi connectivity index (χ4n) is 2.86. The summed E-state index contributed by atoms with van der Waals surface area (Å²) in [5, 5.41) is 11.0. The maximum atomic E-state index is 12.8. The van der Waals surface area contributed by atoms with Gasteiger partial charge in [0.25, 0.3) is 15.7 Å². The van der Waals surface area contributed by atoms with Crippen LogP contribution in [-0.4, -0.2) is 52.4 Å². The average molecular weight is 441 g/mol. The van der Waals surface area contributed by atoms with Crippen molar-refractivity contribution in [1.29, 1.82) is 0 Å². The number of ether oxygens (including phenoxy) is 1. The first-order chi connectivity index (χ1) is 13.6. The first-order valence-electron chi connectivity index (χ1n) is 8.57. The van der Waals surface area contributed by atoms with E-state index in [1.165, 1.54) is 47.6 Å². The van der Waals surface area contributed by atoms with E-state index in [4.69, 9.17) is 4.74 Å². The van der Waals surface area contributed by atoms with Gasteiger partial charge in [-0.1, -0.05) is 12.1 Å². The van der Waals surface area contributed by atoms with E-state index in [9.17, 15) is 26.9 Å². The summed E-state index contributed by atoms with van der Waals surface area (Å²) in [5.74, 6) is 0. The number of nitrogens with one attached hydrogen (secondary N) is 1. The molecule has 1 heterocycles. The lowest BCUT2D eigenvalue weighted by Crippen LogP contribution is -2.40. The van der Waals surface area contributed by atoms with Crippen molar-refractivity contribution in [1.82, 2.24) is 4.31 Å². The molecule has 0 aliphatic carbocycles. The maximum absolute atomic E-state index is 12.8. The summed E-state index contributed by atoms with van der Waals surface area (Å²) >= 11 is 0. The van der Waals surface area contributed by atoms with Gasteiger partial charge in [0.05, 0.1) is 33.6 Å². The van der Waals surface area contributed by atoms with Crippen LogP contribution >= 0.6 is 0 Å². The van der Waals surface area contributed by atoms with Gasteiger partial charge >= 0.3 is 0 Å². The monoisotopic (exact) mass is 441 g/mol. The molecule has 156 valence electrons. The van der Waals surface area contributed by atoms with E-state index in [1.54, 1.807) is 0 Å². The molecule has 29 heavy (non-hydrogen) atoms. The first kappa shape index (κ1) is 21.2. The van der Waals surface area contributed by atoms with E-state index in [-0.39, 0.29) is 47.5 Å². The molecule has 2 aromatic rings. The number of hydrogen-bond donors (Lipinski definition) is 1. The number of nitro benzene ring substituents is 1. The number of anilines is 1. The number of sulfonamides is 2. The van der Waals surface area contributed by atoms with Crippen LogP contribution in [0.15, 0.2) is 52.3 Å². The van der Waals surface area contributed by atoms with Crippen molar-refractivity contribution in [3.63, 3.8) is 0 Å². The van der Waals surface area contributed by atoms with Gasteiger partial charge in [0.2, 0.25) is 10.0 Å². The highest BCUT2D eigenvalue weighted by atomic mass is 32.2. The summed E-state index contributed by atoms with van der Waals surface area (Å²) in [7, 11) is -7.97. The van der Waals surface area contributed by atoms with Gasteiger partial charge in [0, 0.05) is 25.2 Å². The Bertz CT molecular complexity index is 1140. The molecule has 0 unspecified atom stereocenters. The van der Waals surface area contributed by atoms with Gasteiger partial charge in [0.1, 0.15) is 0 Å². The van der Waals surface area contributed by atoms with Crippen molar-refractivity contribution in [3.05, 3.63) is 58.1 Å². The predicted octanol–water partition coefficient (Wildman–Crippen LogP) is 1.72. The molecule has 3 rings (SSSR count). The highest BCUT2D eigenvalue weighted by Crippen LogP contribution is 2.26. The zero-order valence-corrected chi connectivity index (χ0v) is 17.1. The molecule has 0 spiro atoms. The zero-order valence-electron chi connectivity index (χ0n) is 15.4. The van der Waals surface area contributed by atoms with Gasteiger partial charge in [-0.05, 0) is 30.7 Å². The summed E-state index contributed by atoms with van der Waals surface area (Å²) in [6.45, 7) is 2.52. The van der Waals surface area contributed by atoms with Crippen molar-refractivity contribution >= 4 is 31.4 Å². The van der Waals surface area contributed by atoms with Gasteiger partial charge in [-0.3, -0.25) is 14.8 Å². The van der Waals surface area contributed by atoms with Crippen LogP contribution in [0.1, 0.15) is 5.56 Å². The van der Waals surface area contributed by atoms with Crippen LogP contribution in [0.25, 0.3) is 0 Å². The molecule has 1 aliphatic heterocycles. The van der Waals surface area contributed by atoms with Crippen LogP contribution in [-0.2, 0) is 24.8 Å².